The van der Waals surface area contributed by atoms with E-state index >= 15 is 0 Å². The van der Waals surface area contributed by atoms with Gasteiger partial charge in [0.2, 0.25) is 0 Å². The van der Waals surface area contributed by atoms with Crippen molar-refractivity contribution in [2.45, 2.75) is 39.2 Å². The summed E-state index contributed by atoms with van der Waals surface area (Å²) in [5, 5.41) is 3.49. The lowest BCUT2D eigenvalue weighted by Gasteiger charge is -2.20. The highest BCUT2D eigenvalue weighted by atomic mass is 19.1. The molecule has 0 spiro atoms. The third kappa shape index (κ3) is 5.03. The second-order valence-electron chi connectivity index (χ2n) is 4.90. The number of rotatable bonds is 8. The van der Waals surface area contributed by atoms with Gasteiger partial charge in [-0.25, -0.2) is 4.39 Å². The highest BCUT2D eigenvalue weighted by Crippen LogP contribution is 2.26. The van der Waals surface area contributed by atoms with Gasteiger partial charge in [0.15, 0.2) is 11.6 Å². The minimum Gasteiger partial charge on any atom is -0.494 e. The van der Waals surface area contributed by atoms with Gasteiger partial charge in [0.25, 0.3) is 0 Å². The van der Waals surface area contributed by atoms with Gasteiger partial charge in [0, 0.05) is 6.04 Å². The van der Waals surface area contributed by atoms with Crippen LogP contribution < -0.4 is 10.1 Å². The maximum Gasteiger partial charge on any atom is 0.165 e. The number of hydrogen-bond donors (Lipinski definition) is 1. The first-order chi connectivity index (χ1) is 9.08. The molecule has 0 bridgehead atoms. The zero-order chi connectivity index (χ0) is 14.3. The smallest absolute Gasteiger partial charge is 0.165 e. The van der Waals surface area contributed by atoms with Crippen molar-refractivity contribution < 1.29 is 9.13 Å². The molecule has 0 aliphatic rings. The molecule has 0 saturated carbocycles. The molecule has 19 heavy (non-hydrogen) atoms. The van der Waals surface area contributed by atoms with Crippen LogP contribution in [0.2, 0.25) is 0 Å². The zero-order valence-corrected chi connectivity index (χ0v) is 12.1. The van der Waals surface area contributed by atoms with Gasteiger partial charge in [-0.1, -0.05) is 18.6 Å². The zero-order valence-electron chi connectivity index (χ0n) is 12.1. The number of allylic oxidation sites excluding steroid dienone is 1. The van der Waals surface area contributed by atoms with Crippen molar-refractivity contribution in [2.24, 2.45) is 0 Å². The number of ether oxygens (including phenoxy) is 1. The topological polar surface area (TPSA) is 21.3 Å². The van der Waals surface area contributed by atoms with Crippen LogP contribution in [0.4, 0.5) is 4.39 Å². The van der Waals surface area contributed by atoms with Gasteiger partial charge in [-0.05, 0) is 50.4 Å². The largest absolute Gasteiger partial charge is 0.494 e. The molecule has 0 fully saturated rings. The highest BCUT2D eigenvalue weighted by Gasteiger charge is 2.13. The fourth-order valence-corrected chi connectivity index (χ4v) is 1.99. The minimum atomic E-state index is -0.319. The van der Waals surface area contributed by atoms with E-state index in [0.29, 0.717) is 5.75 Å². The van der Waals surface area contributed by atoms with Crippen molar-refractivity contribution in [1.82, 2.24) is 5.32 Å². The lowest BCUT2D eigenvalue weighted by molar-refractivity contribution is 0.384. The second kappa shape index (κ2) is 7.95. The molecule has 0 aliphatic carbocycles. The average Bonchev–Trinajstić information content (AvgIpc) is 2.39. The van der Waals surface area contributed by atoms with Crippen molar-refractivity contribution in [1.29, 1.82) is 0 Å². The molecule has 1 aromatic rings. The Balaban J connectivity index is 2.85. The number of halogens is 1. The fraction of sp³-hybridized carbons (Fsp3) is 0.500. The lowest BCUT2D eigenvalue weighted by Crippen LogP contribution is -2.22. The van der Waals surface area contributed by atoms with Crippen LogP contribution in [-0.2, 0) is 0 Å². The van der Waals surface area contributed by atoms with Crippen molar-refractivity contribution in [3.63, 3.8) is 0 Å². The molecule has 1 N–H and O–H groups in total. The van der Waals surface area contributed by atoms with E-state index in [1.165, 1.54) is 13.2 Å². The SMILES string of the molecule is C=C(C)CCC(NCCC)c1ccc(F)c(OC)c1. The Morgan fingerprint density at radius 2 is 2.21 bits per heavy atom. The molecular weight excluding hydrogens is 241 g/mol. The summed E-state index contributed by atoms with van der Waals surface area (Å²) < 4.78 is 18.5. The molecule has 1 rings (SSSR count). The predicted octanol–water partition coefficient (Wildman–Crippen LogP) is 4.23. The van der Waals surface area contributed by atoms with Crippen LogP contribution in [0.25, 0.3) is 0 Å². The van der Waals surface area contributed by atoms with Crippen molar-refractivity contribution in [2.75, 3.05) is 13.7 Å². The van der Waals surface area contributed by atoms with Gasteiger partial charge < -0.3 is 10.1 Å². The van der Waals surface area contributed by atoms with Gasteiger partial charge in [0.05, 0.1) is 7.11 Å². The monoisotopic (exact) mass is 265 g/mol. The van der Waals surface area contributed by atoms with Gasteiger partial charge in [-0.3, -0.25) is 0 Å². The summed E-state index contributed by atoms with van der Waals surface area (Å²) in [4.78, 5) is 0. The fourth-order valence-electron chi connectivity index (χ4n) is 1.99. The molecular formula is C16H24FNO. The highest BCUT2D eigenvalue weighted by molar-refractivity contribution is 5.32. The maximum absolute atomic E-state index is 13.4. The first-order valence-corrected chi connectivity index (χ1v) is 6.79. The second-order valence-corrected chi connectivity index (χ2v) is 4.90. The summed E-state index contributed by atoms with van der Waals surface area (Å²) in [6.07, 6.45) is 2.99. The van der Waals surface area contributed by atoms with E-state index in [9.17, 15) is 4.39 Å². The first-order valence-electron chi connectivity index (χ1n) is 6.79. The van der Waals surface area contributed by atoms with Crippen LogP contribution in [0.15, 0.2) is 30.4 Å². The van der Waals surface area contributed by atoms with Crippen LogP contribution in [0, 0.1) is 5.82 Å². The number of nitrogens with one attached hydrogen (secondary N) is 1. The Morgan fingerprint density at radius 1 is 1.47 bits per heavy atom. The van der Waals surface area contributed by atoms with Crippen LogP contribution in [0.5, 0.6) is 5.75 Å². The molecule has 1 unspecified atom stereocenters. The van der Waals surface area contributed by atoms with Gasteiger partial charge in [-0.2, -0.15) is 0 Å². The van der Waals surface area contributed by atoms with Crippen molar-refractivity contribution >= 4 is 0 Å². The molecule has 0 amide bonds. The van der Waals surface area contributed by atoms with E-state index < -0.39 is 0 Å². The summed E-state index contributed by atoms with van der Waals surface area (Å²) >= 11 is 0. The molecule has 0 aliphatic heterocycles. The quantitative estimate of drug-likeness (QED) is 0.710. The van der Waals surface area contributed by atoms with E-state index in [4.69, 9.17) is 4.74 Å². The molecule has 1 atom stereocenters. The number of methoxy groups -OCH3 is 1. The summed E-state index contributed by atoms with van der Waals surface area (Å²) in [7, 11) is 1.49. The van der Waals surface area contributed by atoms with Crippen molar-refractivity contribution in [3.8, 4) is 5.75 Å². The third-order valence-electron chi connectivity index (χ3n) is 3.08. The van der Waals surface area contributed by atoms with Crippen LogP contribution in [0.3, 0.4) is 0 Å². The van der Waals surface area contributed by atoms with Gasteiger partial charge >= 0.3 is 0 Å². The number of hydrogen-bond acceptors (Lipinski definition) is 2. The minimum absolute atomic E-state index is 0.214. The third-order valence-corrected chi connectivity index (χ3v) is 3.08. The van der Waals surface area contributed by atoms with Crippen LogP contribution in [-0.4, -0.2) is 13.7 Å². The molecule has 1 aromatic carbocycles. The molecule has 2 nitrogen and oxygen atoms in total. The van der Waals surface area contributed by atoms with E-state index in [0.717, 1.165) is 36.9 Å². The Hall–Kier alpha value is -1.35. The summed E-state index contributed by atoms with van der Waals surface area (Å²) in [6.45, 7) is 9.04. The average molecular weight is 265 g/mol. The number of benzene rings is 1. The summed E-state index contributed by atoms with van der Waals surface area (Å²) in [5.74, 6) is -0.0171. The van der Waals surface area contributed by atoms with Crippen molar-refractivity contribution in [3.05, 3.63) is 41.7 Å². The molecule has 0 radical (unpaired) electrons. The Kier molecular flexibility index (Phi) is 6.57. The molecule has 0 heterocycles. The van der Waals surface area contributed by atoms with E-state index in [1.807, 2.05) is 13.0 Å². The predicted molar refractivity (Wildman–Crippen MR) is 78.0 cm³/mol. The molecule has 106 valence electrons. The normalized spacial score (nSPS) is 12.2. The Labute approximate surface area is 115 Å². The van der Waals surface area contributed by atoms with E-state index in [-0.39, 0.29) is 11.9 Å². The summed E-state index contributed by atoms with van der Waals surface area (Å²) in [5.41, 5.74) is 2.23. The van der Waals surface area contributed by atoms with Gasteiger partial charge in [0.1, 0.15) is 0 Å². The van der Waals surface area contributed by atoms with Crippen LogP contribution >= 0.6 is 0 Å². The van der Waals surface area contributed by atoms with E-state index in [2.05, 4.69) is 18.8 Å². The molecule has 0 saturated heterocycles. The standard InChI is InChI=1S/C16H24FNO/c1-5-10-18-15(9-6-12(2)3)13-7-8-14(17)16(11-13)19-4/h7-8,11,15,18H,2,5-6,9-10H2,1,3-4H3. The molecule has 3 heteroatoms. The summed E-state index contributed by atoms with van der Waals surface area (Å²) in [6, 6.07) is 5.28. The molecule has 0 aromatic heterocycles. The Morgan fingerprint density at radius 3 is 2.79 bits per heavy atom. The van der Waals surface area contributed by atoms with Gasteiger partial charge in [-0.15, -0.1) is 6.58 Å². The maximum atomic E-state index is 13.4. The lowest BCUT2D eigenvalue weighted by atomic mass is 9.99. The van der Waals surface area contributed by atoms with E-state index in [1.54, 1.807) is 6.07 Å². The Bertz CT molecular complexity index is 417. The first kappa shape index (κ1) is 15.7. The van der Waals surface area contributed by atoms with Crippen LogP contribution in [0.1, 0.15) is 44.7 Å².